The first kappa shape index (κ1) is 13.0. The molecule has 0 spiro atoms. The Bertz CT molecular complexity index is 429. The van der Waals surface area contributed by atoms with E-state index in [2.05, 4.69) is 30.1 Å². The Morgan fingerprint density at radius 2 is 2.16 bits per heavy atom. The standard InChI is InChI=1S/C17H26N2/c1-19(8-7-13-3-2-4-17(18)11-13)12-16-10-14-5-6-15(16)9-14/h2-4,11,14-16H,5-10,12,18H2,1H3. The van der Waals surface area contributed by atoms with E-state index in [-0.39, 0.29) is 0 Å². The average Bonchev–Trinajstić information content (AvgIpc) is 2.99. The van der Waals surface area contributed by atoms with Gasteiger partial charge in [0.25, 0.3) is 0 Å². The van der Waals surface area contributed by atoms with Gasteiger partial charge in [0.15, 0.2) is 0 Å². The van der Waals surface area contributed by atoms with E-state index in [1.807, 2.05) is 6.07 Å². The van der Waals surface area contributed by atoms with Crippen molar-refractivity contribution in [2.24, 2.45) is 17.8 Å². The second kappa shape index (κ2) is 5.54. The van der Waals surface area contributed by atoms with Crippen molar-refractivity contribution in [3.63, 3.8) is 0 Å². The van der Waals surface area contributed by atoms with Crippen molar-refractivity contribution in [3.05, 3.63) is 29.8 Å². The molecule has 0 aliphatic heterocycles. The van der Waals surface area contributed by atoms with Gasteiger partial charge in [-0.15, -0.1) is 0 Å². The molecule has 1 aromatic carbocycles. The van der Waals surface area contributed by atoms with E-state index < -0.39 is 0 Å². The van der Waals surface area contributed by atoms with Crippen LogP contribution in [0.3, 0.4) is 0 Å². The van der Waals surface area contributed by atoms with Crippen LogP contribution in [-0.4, -0.2) is 25.0 Å². The topological polar surface area (TPSA) is 29.3 Å². The van der Waals surface area contributed by atoms with Crippen LogP contribution in [0.5, 0.6) is 0 Å². The van der Waals surface area contributed by atoms with Gasteiger partial charge in [-0.05, 0) is 68.2 Å². The van der Waals surface area contributed by atoms with Gasteiger partial charge in [-0.25, -0.2) is 0 Å². The van der Waals surface area contributed by atoms with Crippen LogP contribution in [0.4, 0.5) is 5.69 Å². The van der Waals surface area contributed by atoms with Gasteiger partial charge in [0, 0.05) is 18.8 Å². The summed E-state index contributed by atoms with van der Waals surface area (Å²) >= 11 is 0. The lowest BCUT2D eigenvalue weighted by Crippen LogP contribution is -2.30. The summed E-state index contributed by atoms with van der Waals surface area (Å²) < 4.78 is 0. The van der Waals surface area contributed by atoms with Gasteiger partial charge in [0.2, 0.25) is 0 Å². The fourth-order valence-electron chi connectivity index (χ4n) is 4.16. The van der Waals surface area contributed by atoms with E-state index in [4.69, 9.17) is 5.73 Å². The second-order valence-corrected chi connectivity index (χ2v) is 6.69. The van der Waals surface area contributed by atoms with Crippen molar-refractivity contribution < 1.29 is 0 Å². The molecule has 2 aliphatic carbocycles. The van der Waals surface area contributed by atoms with Crippen LogP contribution in [0.25, 0.3) is 0 Å². The Morgan fingerprint density at radius 3 is 2.84 bits per heavy atom. The highest BCUT2D eigenvalue weighted by atomic mass is 15.1. The third-order valence-electron chi connectivity index (χ3n) is 5.16. The molecule has 3 atom stereocenters. The maximum absolute atomic E-state index is 5.82. The molecule has 2 aliphatic rings. The number of hydrogen-bond acceptors (Lipinski definition) is 2. The molecule has 2 bridgehead atoms. The predicted molar refractivity (Wildman–Crippen MR) is 81.0 cm³/mol. The van der Waals surface area contributed by atoms with Gasteiger partial charge in [-0.1, -0.05) is 18.6 Å². The number of rotatable bonds is 5. The molecule has 2 heteroatoms. The third-order valence-corrected chi connectivity index (χ3v) is 5.16. The lowest BCUT2D eigenvalue weighted by Gasteiger charge is -2.27. The fourth-order valence-corrected chi connectivity index (χ4v) is 4.16. The van der Waals surface area contributed by atoms with E-state index in [9.17, 15) is 0 Å². The summed E-state index contributed by atoms with van der Waals surface area (Å²) in [5.74, 6) is 3.08. The Labute approximate surface area is 117 Å². The molecule has 104 valence electrons. The molecule has 0 radical (unpaired) electrons. The normalized spacial score (nSPS) is 29.3. The van der Waals surface area contributed by atoms with Crippen LogP contribution in [0.2, 0.25) is 0 Å². The molecule has 0 aromatic heterocycles. The third kappa shape index (κ3) is 3.11. The summed E-state index contributed by atoms with van der Waals surface area (Å²) in [6.45, 7) is 2.45. The number of fused-ring (bicyclic) bond motifs is 2. The van der Waals surface area contributed by atoms with E-state index in [0.717, 1.165) is 36.4 Å². The lowest BCUT2D eigenvalue weighted by molar-refractivity contribution is 0.221. The van der Waals surface area contributed by atoms with Crippen LogP contribution in [0.15, 0.2) is 24.3 Å². The highest BCUT2D eigenvalue weighted by Gasteiger charge is 2.39. The molecule has 2 fully saturated rings. The largest absolute Gasteiger partial charge is 0.399 e. The first-order valence-electron chi connectivity index (χ1n) is 7.73. The molecule has 3 unspecified atom stereocenters. The summed E-state index contributed by atoms with van der Waals surface area (Å²) in [6.07, 6.45) is 7.13. The molecule has 0 amide bonds. The van der Waals surface area contributed by atoms with Crippen LogP contribution >= 0.6 is 0 Å². The molecule has 19 heavy (non-hydrogen) atoms. The zero-order chi connectivity index (χ0) is 13.2. The summed E-state index contributed by atoms with van der Waals surface area (Å²) in [7, 11) is 2.28. The molecule has 2 saturated carbocycles. The molecule has 1 aromatic rings. The lowest BCUT2D eigenvalue weighted by atomic mass is 9.88. The fraction of sp³-hybridized carbons (Fsp3) is 0.647. The molecule has 2 N–H and O–H groups in total. The van der Waals surface area contributed by atoms with Crippen molar-refractivity contribution in [2.75, 3.05) is 25.9 Å². The van der Waals surface area contributed by atoms with Crippen LogP contribution in [-0.2, 0) is 6.42 Å². The zero-order valence-corrected chi connectivity index (χ0v) is 12.0. The maximum atomic E-state index is 5.82. The van der Waals surface area contributed by atoms with Gasteiger partial charge in [-0.2, -0.15) is 0 Å². The zero-order valence-electron chi connectivity index (χ0n) is 12.0. The number of nitrogens with two attached hydrogens (primary N) is 1. The van der Waals surface area contributed by atoms with Crippen molar-refractivity contribution in [2.45, 2.75) is 32.1 Å². The van der Waals surface area contributed by atoms with E-state index >= 15 is 0 Å². The highest BCUT2D eigenvalue weighted by molar-refractivity contribution is 5.40. The summed E-state index contributed by atoms with van der Waals surface area (Å²) in [5, 5.41) is 0. The van der Waals surface area contributed by atoms with E-state index in [1.165, 1.54) is 37.8 Å². The Balaban J connectivity index is 1.45. The molecule has 2 nitrogen and oxygen atoms in total. The Kier molecular flexibility index (Phi) is 3.79. The van der Waals surface area contributed by atoms with Gasteiger partial charge in [0.1, 0.15) is 0 Å². The average molecular weight is 258 g/mol. The van der Waals surface area contributed by atoms with Gasteiger partial charge >= 0.3 is 0 Å². The van der Waals surface area contributed by atoms with Gasteiger partial charge in [0.05, 0.1) is 0 Å². The Morgan fingerprint density at radius 1 is 1.26 bits per heavy atom. The van der Waals surface area contributed by atoms with Crippen molar-refractivity contribution in [1.82, 2.24) is 4.90 Å². The minimum absolute atomic E-state index is 0.883. The first-order valence-corrected chi connectivity index (χ1v) is 7.73. The molecule has 3 rings (SSSR count). The number of nitrogens with zero attached hydrogens (tertiary/aromatic N) is 1. The monoisotopic (exact) mass is 258 g/mol. The van der Waals surface area contributed by atoms with Crippen LogP contribution in [0, 0.1) is 17.8 Å². The smallest absolute Gasteiger partial charge is 0.0316 e. The van der Waals surface area contributed by atoms with Crippen LogP contribution < -0.4 is 5.73 Å². The van der Waals surface area contributed by atoms with Crippen LogP contribution in [0.1, 0.15) is 31.2 Å². The van der Waals surface area contributed by atoms with E-state index in [0.29, 0.717) is 0 Å². The molecular weight excluding hydrogens is 232 g/mol. The summed E-state index contributed by atoms with van der Waals surface area (Å²) in [6, 6.07) is 8.30. The maximum Gasteiger partial charge on any atom is 0.0316 e. The number of hydrogen-bond donors (Lipinski definition) is 1. The second-order valence-electron chi connectivity index (χ2n) is 6.69. The minimum Gasteiger partial charge on any atom is -0.399 e. The molecular formula is C17H26N2. The number of likely N-dealkylation sites (N-methyl/N-ethyl adjacent to an activating group) is 1. The summed E-state index contributed by atoms with van der Waals surface area (Å²) in [5.41, 5.74) is 8.07. The first-order chi connectivity index (χ1) is 9.20. The minimum atomic E-state index is 0.883. The SMILES string of the molecule is CN(CCc1cccc(N)c1)CC1CC2CCC1C2. The van der Waals surface area contributed by atoms with Crippen molar-refractivity contribution in [3.8, 4) is 0 Å². The van der Waals surface area contributed by atoms with Gasteiger partial charge in [-0.3, -0.25) is 0 Å². The Hall–Kier alpha value is -1.02. The van der Waals surface area contributed by atoms with Gasteiger partial charge < -0.3 is 10.6 Å². The number of benzene rings is 1. The molecule has 0 saturated heterocycles. The van der Waals surface area contributed by atoms with E-state index in [1.54, 1.807) is 0 Å². The number of nitrogen functional groups attached to an aromatic ring is 1. The highest BCUT2D eigenvalue weighted by Crippen LogP contribution is 2.48. The summed E-state index contributed by atoms with van der Waals surface area (Å²) in [4.78, 5) is 2.52. The predicted octanol–water partition coefficient (Wildman–Crippen LogP) is 3.18. The van der Waals surface area contributed by atoms with Crippen molar-refractivity contribution in [1.29, 1.82) is 0 Å². The quantitative estimate of drug-likeness (QED) is 0.822. The molecule has 0 heterocycles. The number of anilines is 1. The van der Waals surface area contributed by atoms with Crippen molar-refractivity contribution >= 4 is 5.69 Å².